The Hall–Kier alpha value is -2.16. The van der Waals surface area contributed by atoms with Crippen LogP contribution in [0.3, 0.4) is 0 Å². The van der Waals surface area contributed by atoms with Crippen LogP contribution in [0.2, 0.25) is 18.1 Å². The molecule has 218 valence electrons. The third-order valence-corrected chi connectivity index (χ3v) is 12.3. The minimum Gasteiger partial charge on any atom is -0.465 e. The summed E-state index contributed by atoms with van der Waals surface area (Å²) in [6, 6.07) is 2.30. The predicted octanol–water partition coefficient (Wildman–Crippen LogP) is 7.35. The highest BCUT2D eigenvalue weighted by Gasteiger charge is 2.53. The number of rotatable bonds is 8. The molecule has 0 unspecified atom stereocenters. The number of nitrogens with zero attached hydrogens (tertiary/aromatic N) is 1. The van der Waals surface area contributed by atoms with Gasteiger partial charge >= 0.3 is 18.4 Å². The molecule has 0 saturated heterocycles. The topological polar surface area (TPSA) is 110 Å². The van der Waals surface area contributed by atoms with Gasteiger partial charge in [0.1, 0.15) is 10.6 Å². The van der Waals surface area contributed by atoms with Crippen molar-refractivity contribution < 1.29 is 37.0 Å². The quantitative estimate of drug-likeness (QED) is 0.257. The van der Waals surface area contributed by atoms with Crippen molar-refractivity contribution in [2.24, 2.45) is 0 Å². The van der Waals surface area contributed by atoms with E-state index < -0.39 is 49.5 Å². The molecule has 2 atom stereocenters. The Bertz CT molecular complexity index is 1170. The van der Waals surface area contributed by atoms with Crippen LogP contribution in [0.1, 0.15) is 57.7 Å². The molecule has 1 aromatic carbocycles. The van der Waals surface area contributed by atoms with E-state index >= 15 is 0 Å². The van der Waals surface area contributed by atoms with E-state index in [4.69, 9.17) is 9.16 Å². The highest BCUT2D eigenvalue weighted by atomic mass is 79.9. The number of hydrogen-bond acceptors (Lipinski definition) is 6. The first-order valence-corrected chi connectivity index (χ1v) is 16.6. The first-order valence-electron chi connectivity index (χ1n) is 12.0. The van der Waals surface area contributed by atoms with Crippen LogP contribution in [-0.4, -0.2) is 48.8 Å². The maximum atomic E-state index is 13.7. The van der Waals surface area contributed by atoms with Crippen molar-refractivity contribution in [3.05, 3.63) is 50.4 Å². The first-order chi connectivity index (χ1) is 17.6. The van der Waals surface area contributed by atoms with Crippen molar-refractivity contribution in [2.45, 2.75) is 83.1 Å². The van der Waals surface area contributed by atoms with Gasteiger partial charge in [0.25, 0.3) is 0 Å². The molecule has 1 heterocycles. The fourth-order valence-electron chi connectivity index (χ4n) is 3.52. The Balaban J connectivity index is 2.93. The van der Waals surface area contributed by atoms with E-state index in [-0.39, 0.29) is 21.6 Å². The van der Waals surface area contributed by atoms with E-state index in [1.165, 1.54) is 29.7 Å². The summed E-state index contributed by atoms with van der Waals surface area (Å²) < 4.78 is 53.2. The molecule has 2 aromatic rings. The number of amides is 2. The number of thiazole rings is 1. The summed E-state index contributed by atoms with van der Waals surface area (Å²) in [4.78, 5) is 29.1. The minimum atomic E-state index is -4.62. The Kier molecular flexibility index (Phi) is 9.96. The van der Waals surface area contributed by atoms with Gasteiger partial charge in [0, 0.05) is 22.6 Å². The second-order valence-corrected chi connectivity index (χ2v) is 18.0. The average Bonchev–Trinajstić information content (AvgIpc) is 3.27. The number of carbonyl (C=O) groups excluding carboxylic acids is 1. The summed E-state index contributed by atoms with van der Waals surface area (Å²) in [7, 11) is -2.80. The molecule has 0 aliphatic heterocycles. The number of nitrogens with one attached hydrogen (secondary N) is 2. The molecule has 1 aromatic heterocycles. The van der Waals surface area contributed by atoms with Gasteiger partial charge in [0.15, 0.2) is 13.9 Å². The molecule has 0 radical (unpaired) electrons. The molecule has 14 heteroatoms. The molecule has 0 spiro atoms. The molecule has 0 saturated carbocycles. The third-order valence-electron chi connectivity index (χ3n) is 6.31. The van der Waals surface area contributed by atoms with Gasteiger partial charge in [0.2, 0.25) is 0 Å². The molecule has 0 bridgehead atoms. The molecule has 8 nitrogen and oxygen atoms in total. The molecule has 2 rings (SSSR count). The van der Waals surface area contributed by atoms with E-state index in [2.05, 4.69) is 31.5 Å². The van der Waals surface area contributed by atoms with E-state index in [0.717, 1.165) is 6.07 Å². The number of alkyl carbamates (subject to hydrolysis) is 1. The van der Waals surface area contributed by atoms with Crippen molar-refractivity contribution in [3.8, 4) is 0 Å². The maximum absolute atomic E-state index is 13.7. The van der Waals surface area contributed by atoms with Gasteiger partial charge in [-0.1, -0.05) is 42.8 Å². The lowest BCUT2D eigenvalue weighted by atomic mass is 9.85. The van der Waals surface area contributed by atoms with E-state index in [1.807, 2.05) is 33.9 Å². The molecular weight excluding hydrogens is 619 g/mol. The standard InChI is InChI=1S/C25H35BrF3N3O5SSi/c1-22(2,3)36-21(35)32-18(14-31-20(33)34)24(19-30-11-12-38-19,37-39(7,8)23(4,5)6)15-9-10-16(17(26)13-15)25(27,28)29/h9-13,18,31H,14H2,1-8H3,(H,32,35)(H,33,34)/t18-,24+/m1/s1. The Morgan fingerprint density at radius 3 is 2.21 bits per heavy atom. The zero-order valence-corrected chi connectivity index (χ0v) is 26.5. The van der Waals surface area contributed by atoms with Crippen LogP contribution in [0, 0.1) is 0 Å². The van der Waals surface area contributed by atoms with Crippen LogP contribution in [0.25, 0.3) is 0 Å². The van der Waals surface area contributed by atoms with Crippen LogP contribution in [0.15, 0.2) is 34.2 Å². The molecule has 39 heavy (non-hydrogen) atoms. The zero-order chi connectivity index (χ0) is 30.0. The summed E-state index contributed by atoms with van der Waals surface area (Å²) in [5.41, 5.74) is -3.22. The van der Waals surface area contributed by atoms with Crippen molar-refractivity contribution >= 4 is 47.8 Å². The lowest BCUT2D eigenvalue weighted by molar-refractivity contribution is -0.138. The number of ether oxygens (including phenoxy) is 1. The molecule has 2 amide bonds. The number of benzene rings is 1. The number of aromatic nitrogens is 1. The van der Waals surface area contributed by atoms with Crippen LogP contribution >= 0.6 is 27.3 Å². The molecule has 3 N–H and O–H groups in total. The summed E-state index contributed by atoms with van der Waals surface area (Å²) in [5.74, 6) is 0. The smallest absolute Gasteiger partial charge is 0.417 e. The Morgan fingerprint density at radius 1 is 1.15 bits per heavy atom. The van der Waals surface area contributed by atoms with Crippen molar-refractivity contribution in [1.29, 1.82) is 0 Å². The predicted molar refractivity (Wildman–Crippen MR) is 150 cm³/mol. The number of hydrogen-bond donors (Lipinski definition) is 3. The summed E-state index contributed by atoms with van der Waals surface area (Å²) >= 11 is 4.23. The van der Waals surface area contributed by atoms with Gasteiger partial charge < -0.3 is 24.9 Å². The fourth-order valence-corrected chi connectivity index (χ4v) is 6.52. The highest BCUT2D eigenvalue weighted by Crippen LogP contribution is 2.48. The van der Waals surface area contributed by atoms with Crippen LogP contribution in [0.5, 0.6) is 0 Å². The highest BCUT2D eigenvalue weighted by molar-refractivity contribution is 9.10. The normalized spacial score (nSPS) is 15.3. The lowest BCUT2D eigenvalue weighted by Crippen LogP contribution is -2.62. The molecular formula is C25H35BrF3N3O5SSi. The second-order valence-electron chi connectivity index (χ2n) is 11.5. The van der Waals surface area contributed by atoms with Crippen LogP contribution in [-0.2, 0) is 20.9 Å². The molecule has 0 aliphatic carbocycles. The zero-order valence-electron chi connectivity index (χ0n) is 23.1. The molecule has 0 aliphatic rings. The summed E-state index contributed by atoms with van der Waals surface area (Å²) in [5, 5.41) is 16.1. The van der Waals surface area contributed by atoms with Crippen LogP contribution < -0.4 is 10.6 Å². The average molecular weight is 655 g/mol. The van der Waals surface area contributed by atoms with Gasteiger partial charge in [0.05, 0.1) is 11.6 Å². The van der Waals surface area contributed by atoms with Gasteiger partial charge in [-0.2, -0.15) is 13.2 Å². The third kappa shape index (κ3) is 8.18. The summed E-state index contributed by atoms with van der Waals surface area (Å²) in [6.45, 7) is 14.5. The Morgan fingerprint density at radius 2 is 1.77 bits per heavy atom. The number of halogens is 4. The van der Waals surface area contributed by atoms with Crippen molar-refractivity contribution in [1.82, 2.24) is 15.6 Å². The van der Waals surface area contributed by atoms with Gasteiger partial charge in [-0.25, -0.2) is 14.6 Å². The number of carboxylic acid groups (broad SMARTS) is 1. The number of alkyl halides is 3. The monoisotopic (exact) mass is 653 g/mol. The summed E-state index contributed by atoms with van der Waals surface area (Å²) in [6.07, 6.45) is -5.33. The largest absolute Gasteiger partial charge is 0.465 e. The lowest BCUT2D eigenvalue weighted by Gasteiger charge is -2.48. The maximum Gasteiger partial charge on any atom is 0.417 e. The fraction of sp³-hybridized carbons (Fsp3) is 0.560. The van der Waals surface area contributed by atoms with Gasteiger partial charge in [-0.3, -0.25) is 0 Å². The SMILES string of the molecule is CC(C)(C)OC(=O)N[C@H](CNC(=O)O)[C@@](O[Si](C)(C)C(C)(C)C)(c1ccc(C(F)(F)F)c(Br)c1)c1nccs1. The van der Waals surface area contributed by atoms with E-state index in [1.54, 1.807) is 26.2 Å². The van der Waals surface area contributed by atoms with Gasteiger partial charge in [-0.05, 0) is 56.6 Å². The Labute approximate surface area is 240 Å². The van der Waals surface area contributed by atoms with E-state index in [0.29, 0.717) is 5.01 Å². The van der Waals surface area contributed by atoms with Crippen molar-refractivity contribution in [2.75, 3.05) is 6.54 Å². The minimum absolute atomic E-state index is 0.241. The van der Waals surface area contributed by atoms with Crippen molar-refractivity contribution in [3.63, 3.8) is 0 Å². The number of carbonyl (C=O) groups is 2. The van der Waals surface area contributed by atoms with Gasteiger partial charge in [-0.15, -0.1) is 11.3 Å². The first kappa shape index (κ1) is 33.0. The second kappa shape index (κ2) is 11.8. The van der Waals surface area contributed by atoms with Crippen LogP contribution in [0.4, 0.5) is 22.8 Å². The van der Waals surface area contributed by atoms with E-state index in [9.17, 15) is 27.9 Å². The molecule has 0 fully saturated rings.